The maximum absolute atomic E-state index is 13.2. The summed E-state index contributed by atoms with van der Waals surface area (Å²) in [7, 11) is -2.11. The van der Waals surface area contributed by atoms with E-state index < -0.39 is 15.9 Å². The number of rotatable bonds is 5. The fourth-order valence-electron chi connectivity index (χ4n) is 3.53. The van der Waals surface area contributed by atoms with Gasteiger partial charge in [0.25, 0.3) is 5.91 Å². The minimum absolute atomic E-state index is 0.0342. The van der Waals surface area contributed by atoms with E-state index in [1.807, 2.05) is 37.3 Å². The molecule has 1 aliphatic heterocycles. The van der Waals surface area contributed by atoms with Crippen LogP contribution in [0.15, 0.2) is 57.8 Å². The molecule has 1 aromatic heterocycles. The molecule has 1 saturated heterocycles. The number of hydrogen-bond donors (Lipinski definition) is 0. The van der Waals surface area contributed by atoms with Gasteiger partial charge in [-0.25, -0.2) is 8.42 Å². The molecular formula is C22H23ClN2O5S. The molecule has 1 aliphatic rings. The van der Waals surface area contributed by atoms with E-state index >= 15 is 0 Å². The van der Waals surface area contributed by atoms with Crippen molar-refractivity contribution in [2.45, 2.75) is 17.9 Å². The Labute approximate surface area is 186 Å². The van der Waals surface area contributed by atoms with Crippen molar-refractivity contribution in [3.05, 3.63) is 64.9 Å². The van der Waals surface area contributed by atoms with E-state index in [2.05, 4.69) is 0 Å². The Morgan fingerprint density at radius 1 is 1.13 bits per heavy atom. The third-order valence-corrected chi connectivity index (χ3v) is 7.76. The molecule has 1 fully saturated rings. The van der Waals surface area contributed by atoms with Crippen molar-refractivity contribution < 1.29 is 22.4 Å². The summed E-state index contributed by atoms with van der Waals surface area (Å²) in [5.74, 6) is 0.238. The van der Waals surface area contributed by atoms with Crippen molar-refractivity contribution in [2.24, 2.45) is 0 Å². The second-order valence-electron chi connectivity index (χ2n) is 7.44. The molecule has 9 heteroatoms. The number of sulfonamides is 1. The van der Waals surface area contributed by atoms with E-state index in [9.17, 15) is 13.2 Å². The number of amides is 1. The number of carbonyl (C=O) groups excluding carboxylic acids is 1. The third kappa shape index (κ3) is 4.21. The minimum Gasteiger partial charge on any atom is -0.459 e. The van der Waals surface area contributed by atoms with Gasteiger partial charge in [0.1, 0.15) is 11.3 Å². The summed E-state index contributed by atoms with van der Waals surface area (Å²) in [4.78, 5) is 14.7. The molecule has 0 radical (unpaired) electrons. The standard InChI is InChI=1S/C22H23ClN2O5S/c1-15(21-13-16-5-3-4-6-20(16)30-21)24(2)22(26)18-14-17(7-8-19(18)23)31(27,28)25-9-11-29-12-10-25/h3-8,13-15H,9-12H2,1-2H3. The zero-order valence-electron chi connectivity index (χ0n) is 17.2. The fourth-order valence-corrected chi connectivity index (χ4v) is 5.16. The molecule has 0 N–H and O–H groups in total. The first-order chi connectivity index (χ1) is 14.8. The average molecular weight is 463 g/mol. The van der Waals surface area contributed by atoms with E-state index in [0.29, 0.717) is 19.0 Å². The molecule has 0 saturated carbocycles. The molecule has 0 spiro atoms. The van der Waals surface area contributed by atoms with Gasteiger partial charge in [-0.2, -0.15) is 4.31 Å². The van der Waals surface area contributed by atoms with Crippen LogP contribution >= 0.6 is 11.6 Å². The highest BCUT2D eigenvalue weighted by Gasteiger charge is 2.29. The Bertz CT molecular complexity index is 1180. The van der Waals surface area contributed by atoms with Crippen LogP contribution < -0.4 is 0 Å². The highest BCUT2D eigenvalue weighted by molar-refractivity contribution is 7.89. The highest BCUT2D eigenvalue weighted by Crippen LogP contribution is 2.30. The van der Waals surface area contributed by atoms with Gasteiger partial charge in [0.2, 0.25) is 10.0 Å². The Balaban J connectivity index is 1.62. The fraction of sp³-hybridized carbons (Fsp3) is 0.318. The van der Waals surface area contributed by atoms with Crippen LogP contribution in [0, 0.1) is 0 Å². The molecule has 2 heterocycles. The Morgan fingerprint density at radius 3 is 2.55 bits per heavy atom. The molecule has 0 bridgehead atoms. The lowest BCUT2D eigenvalue weighted by Gasteiger charge is -2.27. The maximum Gasteiger partial charge on any atom is 0.255 e. The van der Waals surface area contributed by atoms with Crippen LogP contribution in [0.25, 0.3) is 11.0 Å². The van der Waals surface area contributed by atoms with Crippen LogP contribution in [0.4, 0.5) is 0 Å². The van der Waals surface area contributed by atoms with Crippen molar-refractivity contribution in [1.29, 1.82) is 0 Å². The number of benzene rings is 2. The number of morpholine rings is 1. The first-order valence-electron chi connectivity index (χ1n) is 9.92. The smallest absolute Gasteiger partial charge is 0.255 e. The summed E-state index contributed by atoms with van der Waals surface area (Å²) < 4.78 is 38.4. The van der Waals surface area contributed by atoms with Crippen molar-refractivity contribution in [2.75, 3.05) is 33.4 Å². The van der Waals surface area contributed by atoms with Gasteiger partial charge in [-0.3, -0.25) is 4.79 Å². The number of hydrogen-bond acceptors (Lipinski definition) is 5. The van der Waals surface area contributed by atoms with Crippen LogP contribution in [0.3, 0.4) is 0 Å². The summed E-state index contributed by atoms with van der Waals surface area (Å²) in [6.45, 7) is 3.08. The van der Waals surface area contributed by atoms with Gasteiger partial charge in [-0.05, 0) is 37.3 Å². The van der Waals surface area contributed by atoms with E-state index in [4.69, 9.17) is 20.8 Å². The highest BCUT2D eigenvalue weighted by atomic mass is 35.5. The third-order valence-electron chi connectivity index (χ3n) is 5.53. The normalized spacial score (nSPS) is 16.4. The Morgan fingerprint density at radius 2 is 1.84 bits per heavy atom. The molecule has 31 heavy (non-hydrogen) atoms. The zero-order valence-corrected chi connectivity index (χ0v) is 18.8. The van der Waals surface area contributed by atoms with Gasteiger partial charge < -0.3 is 14.1 Å². The number of ether oxygens (including phenoxy) is 1. The predicted molar refractivity (Wildman–Crippen MR) is 118 cm³/mol. The Kier molecular flexibility index (Phi) is 6.07. The second-order valence-corrected chi connectivity index (χ2v) is 9.78. The zero-order chi connectivity index (χ0) is 22.2. The van der Waals surface area contributed by atoms with E-state index in [1.165, 1.54) is 27.4 Å². The van der Waals surface area contributed by atoms with E-state index in [1.54, 1.807) is 7.05 Å². The molecule has 7 nitrogen and oxygen atoms in total. The van der Waals surface area contributed by atoms with Gasteiger partial charge in [-0.1, -0.05) is 29.8 Å². The topological polar surface area (TPSA) is 80.1 Å². The van der Waals surface area contributed by atoms with E-state index in [-0.39, 0.29) is 34.6 Å². The summed E-state index contributed by atoms with van der Waals surface area (Å²) in [5, 5.41) is 1.14. The summed E-state index contributed by atoms with van der Waals surface area (Å²) in [5.41, 5.74) is 0.864. The first kappa shape index (κ1) is 21.8. The van der Waals surface area contributed by atoms with E-state index in [0.717, 1.165) is 11.0 Å². The number of furan rings is 1. The monoisotopic (exact) mass is 462 g/mol. The van der Waals surface area contributed by atoms with Crippen molar-refractivity contribution in [3.63, 3.8) is 0 Å². The van der Waals surface area contributed by atoms with Crippen LogP contribution in [-0.2, 0) is 14.8 Å². The molecule has 1 amide bonds. The van der Waals surface area contributed by atoms with Gasteiger partial charge in [0.05, 0.1) is 34.7 Å². The number of carbonyl (C=O) groups is 1. The molecule has 2 aromatic carbocycles. The Hall–Kier alpha value is -2.39. The van der Waals surface area contributed by atoms with Crippen LogP contribution in [-0.4, -0.2) is 56.9 Å². The maximum atomic E-state index is 13.2. The lowest BCUT2D eigenvalue weighted by atomic mass is 10.1. The molecule has 164 valence electrons. The quantitative estimate of drug-likeness (QED) is 0.573. The minimum atomic E-state index is -3.74. The lowest BCUT2D eigenvalue weighted by molar-refractivity contribution is 0.0724. The molecular weight excluding hydrogens is 440 g/mol. The summed E-state index contributed by atoms with van der Waals surface area (Å²) in [6, 6.07) is 13.3. The summed E-state index contributed by atoms with van der Waals surface area (Å²) >= 11 is 6.29. The molecule has 1 atom stereocenters. The van der Waals surface area contributed by atoms with Crippen molar-refractivity contribution in [3.8, 4) is 0 Å². The SMILES string of the molecule is CC(c1cc2ccccc2o1)N(C)C(=O)c1cc(S(=O)(=O)N2CCOCC2)ccc1Cl. The van der Waals surface area contributed by atoms with Gasteiger partial charge in [0.15, 0.2) is 0 Å². The van der Waals surface area contributed by atoms with Gasteiger partial charge in [-0.15, -0.1) is 0 Å². The lowest BCUT2D eigenvalue weighted by Crippen LogP contribution is -2.40. The van der Waals surface area contributed by atoms with Gasteiger partial charge >= 0.3 is 0 Å². The number of nitrogens with zero attached hydrogens (tertiary/aromatic N) is 2. The van der Waals surface area contributed by atoms with Crippen LogP contribution in [0.5, 0.6) is 0 Å². The predicted octanol–water partition coefficient (Wildman–Crippen LogP) is 3.94. The summed E-state index contributed by atoms with van der Waals surface area (Å²) in [6.07, 6.45) is 0. The number of para-hydroxylation sites is 1. The van der Waals surface area contributed by atoms with Gasteiger partial charge in [0, 0.05) is 25.5 Å². The number of halogens is 1. The van der Waals surface area contributed by atoms with Crippen LogP contribution in [0.2, 0.25) is 5.02 Å². The molecule has 4 rings (SSSR count). The molecule has 0 aliphatic carbocycles. The van der Waals surface area contributed by atoms with Crippen LogP contribution in [0.1, 0.15) is 29.1 Å². The molecule has 3 aromatic rings. The molecule has 1 unspecified atom stereocenters. The van der Waals surface area contributed by atoms with Crippen molar-refractivity contribution >= 4 is 38.5 Å². The number of fused-ring (bicyclic) bond motifs is 1. The second kappa shape index (κ2) is 8.63. The van der Waals surface area contributed by atoms with Crippen molar-refractivity contribution in [1.82, 2.24) is 9.21 Å². The average Bonchev–Trinajstić information content (AvgIpc) is 3.22. The first-order valence-corrected chi connectivity index (χ1v) is 11.7. The largest absolute Gasteiger partial charge is 0.459 e.